The quantitative estimate of drug-likeness (QED) is 0.805. The van der Waals surface area contributed by atoms with Crippen LogP contribution in [0.2, 0.25) is 0 Å². The number of nitrogens with zero attached hydrogens (tertiary/aromatic N) is 4. The van der Waals surface area contributed by atoms with Crippen molar-refractivity contribution in [1.82, 2.24) is 14.7 Å². The van der Waals surface area contributed by atoms with Crippen molar-refractivity contribution in [3.63, 3.8) is 0 Å². The summed E-state index contributed by atoms with van der Waals surface area (Å²) in [6.07, 6.45) is 1.68. The highest BCUT2D eigenvalue weighted by molar-refractivity contribution is 5.76. The summed E-state index contributed by atoms with van der Waals surface area (Å²) >= 11 is 0. The van der Waals surface area contributed by atoms with Crippen molar-refractivity contribution in [2.45, 2.75) is 73.0 Å². The lowest BCUT2D eigenvalue weighted by Gasteiger charge is -2.34. The Hall–Kier alpha value is -2.16. The second-order valence-corrected chi connectivity index (χ2v) is 5.98. The van der Waals surface area contributed by atoms with Gasteiger partial charge >= 0.3 is 0 Å². The molecule has 1 aromatic rings. The van der Waals surface area contributed by atoms with Crippen molar-refractivity contribution in [1.29, 1.82) is 5.26 Å². The van der Waals surface area contributed by atoms with E-state index in [4.69, 9.17) is 5.26 Å². The van der Waals surface area contributed by atoms with Crippen molar-refractivity contribution >= 4 is 5.91 Å². The summed E-state index contributed by atoms with van der Waals surface area (Å²) in [5, 5.41) is 13.3. The molecule has 0 bridgehead atoms. The summed E-state index contributed by atoms with van der Waals surface area (Å²) in [5.74, 6) is -0.143. The maximum absolute atomic E-state index is 12.7. The Bertz CT molecular complexity index is 662. The zero-order valence-electron chi connectivity index (χ0n) is 14.9. The van der Waals surface area contributed by atoms with Crippen LogP contribution in [0.5, 0.6) is 0 Å². The minimum absolute atomic E-state index is 0.0592. The van der Waals surface area contributed by atoms with Gasteiger partial charge in [-0.05, 0) is 46.1 Å². The fourth-order valence-corrected chi connectivity index (χ4v) is 2.54. The first-order valence-corrected chi connectivity index (χ1v) is 8.07. The molecule has 0 aliphatic carbocycles. The molecular formula is C17H26N4O2. The van der Waals surface area contributed by atoms with Gasteiger partial charge in [-0.1, -0.05) is 13.8 Å². The first-order chi connectivity index (χ1) is 10.8. The average Bonchev–Trinajstić information content (AvgIpc) is 2.52. The lowest BCUT2D eigenvalue weighted by molar-refractivity contribution is -0.136. The molecule has 0 unspecified atom stereocenters. The molecule has 1 heterocycles. The predicted octanol–water partition coefficient (Wildman–Crippen LogP) is 2.16. The monoisotopic (exact) mass is 318 g/mol. The molecule has 1 aromatic heterocycles. The van der Waals surface area contributed by atoms with Crippen LogP contribution in [0.1, 0.15) is 57.4 Å². The van der Waals surface area contributed by atoms with E-state index in [0.717, 1.165) is 17.5 Å². The van der Waals surface area contributed by atoms with Crippen molar-refractivity contribution in [3.8, 4) is 6.07 Å². The molecule has 1 rings (SSSR count). The van der Waals surface area contributed by atoms with Gasteiger partial charge in [-0.15, -0.1) is 0 Å². The van der Waals surface area contributed by atoms with Gasteiger partial charge in [-0.3, -0.25) is 9.59 Å². The number of aromatic nitrogens is 2. The summed E-state index contributed by atoms with van der Waals surface area (Å²) in [4.78, 5) is 26.8. The number of aryl methyl sites for hydroxylation is 1. The Balaban J connectivity index is 3.21. The van der Waals surface area contributed by atoms with E-state index in [1.807, 2.05) is 38.7 Å². The third-order valence-corrected chi connectivity index (χ3v) is 4.45. The third-order valence-electron chi connectivity index (χ3n) is 4.45. The van der Waals surface area contributed by atoms with Crippen LogP contribution in [0.3, 0.4) is 0 Å². The minimum atomic E-state index is -0.503. The van der Waals surface area contributed by atoms with E-state index < -0.39 is 5.56 Å². The molecule has 0 aliphatic rings. The van der Waals surface area contributed by atoms with Crippen molar-refractivity contribution in [2.75, 3.05) is 0 Å². The standard InChI is InChI=1S/C17H26N4O2/c1-7-11(3)21(12(4)8-2)16(22)10-20-17(23)15(9-18)13(5)14(6)19-20/h11-12H,7-8,10H2,1-6H3/t11-,12-/m0/s1. The van der Waals surface area contributed by atoms with Crippen LogP contribution in [0.15, 0.2) is 4.79 Å². The highest BCUT2D eigenvalue weighted by atomic mass is 16.2. The molecule has 0 radical (unpaired) electrons. The minimum Gasteiger partial charge on any atom is -0.336 e. The molecule has 0 saturated carbocycles. The van der Waals surface area contributed by atoms with E-state index >= 15 is 0 Å². The van der Waals surface area contributed by atoms with E-state index in [9.17, 15) is 9.59 Å². The lowest BCUT2D eigenvalue weighted by Crippen LogP contribution is -2.47. The fourth-order valence-electron chi connectivity index (χ4n) is 2.54. The van der Waals surface area contributed by atoms with E-state index in [0.29, 0.717) is 11.3 Å². The van der Waals surface area contributed by atoms with Gasteiger partial charge in [-0.25, -0.2) is 4.68 Å². The summed E-state index contributed by atoms with van der Waals surface area (Å²) < 4.78 is 1.11. The number of hydrogen-bond acceptors (Lipinski definition) is 4. The third kappa shape index (κ3) is 3.98. The summed E-state index contributed by atoms with van der Waals surface area (Å²) in [6.45, 7) is 11.4. The van der Waals surface area contributed by atoms with Crippen molar-refractivity contribution in [2.24, 2.45) is 0 Å². The summed E-state index contributed by atoms with van der Waals surface area (Å²) in [7, 11) is 0. The number of amides is 1. The zero-order valence-corrected chi connectivity index (χ0v) is 14.9. The number of carbonyl (C=O) groups is 1. The summed E-state index contributed by atoms with van der Waals surface area (Å²) in [6, 6.07) is 2.10. The van der Waals surface area contributed by atoms with Gasteiger partial charge in [0.2, 0.25) is 5.91 Å². The molecule has 23 heavy (non-hydrogen) atoms. The highest BCUT2D eigenvalue weighted by Crippen LogP contribution is 2.13. The first-order valence-electron chi connectivity index (χ1n) is 8.07. The number of carbonyl (C=O) groups excluding carboxylic acids is 1. The molecule has 1 amide bonds. The first kappa shape index (κ1) is 18.9. The largest absolute Gasteiger partial charge is 0.336 e. The van der Waals surface area contributed by atoms with E-state index in [1.165, 1.54) is 0 Å². The lowest BCUT2D eigenvalue weighted by atomic mass is 10.1. The Morgan fingerprint density at radius 3 is 2.22 bits per heavy atom. The van der Waals surface area contributed by atoms with Gasteiger partial charge in [0, 0.05) is 12.1 Å². The number of rotatable bonds is 6. The van der Waals surface area contributed by atoms with Crippen molar-refractivity contribution in [3.05, 3.63) is 27.2 Å². The van der Waals surface area contributed by atoms with E-state index in [1.54, 1.807) is 13.8 Å². The molecule has 6 heteroatoms. The molecule has 0 fully saturated rings. The SMILES string of the molecule is CC[C@H](C)N(C(=O)Cn1nc(C)c(C)c(C#N)c1=O)[C@@H](C)CC. The molecule has 0 aliphatic heterocycles. The molecular weight excluding hydrogens is 292 g/mol. The Morgan fingerprint density at radius 2 is 1.78 bits per heavy atom. The Kier molecular flexibility index (Phi) is 6.49. The highest BCUT2D eigenvalue weighted by Gasteiger charge is 2.25. The zero-order chi connectivity index (χ0) is 17.7. The Labute approximate surface area is 137 Å². The van der Waals surface area contributed by atoms with Gasteiger partial charge in [0.05, 0.1) is 5.69 Å². The summed E-state index contributed by atoms with van der Waals surface area (Å²) in [5.41, 5.74) is 0.718. The maximum Gasteiger partial charge on any atom is 0.285 e. The predicted molar refractivity (Wildman–Crippen MR) is 89.0 cm³/mol. The van der Waals surface area contributed by atoms with Crippen LogP contribution >= 0.6 is 0 Å². The van der Waals surface area contributed by atoms with Crippen molar-refractivity contribution < 1.29 is 4.79 Å². The van der Waals surface area contributed by atoms with Gasteiger partial charge in [0.25, 0.3) is 5.56 Å². The topological polar surface area (TPSA) is 79.0 Å². The molecule has 0 N–H and O–H groups in total. The molecule has 0 spiro atoms. The molecule has 0 saturated heterocycles. The molecule has 0 aromatic carbocycles. The second-order valence-electron chi connectivity index (χ2n) is 5.98. The average molecular weight is 318 g/mol. The molecule has 2 atom stereocenters. The number of hydrogen-bond donors (Lipinski definition) is 0. The normalized spacial score (nSPS) is 13.3. The van der Waals surface area contributed by atoms with Crippen LogP contribution in [-0.4, -0.2) is 32.7 Å². The number of nitriles is 1. The maximum atomic E-state index is 12.7. The van der Waals surface area contributed by atoms with Crippen LogP contribution < -0.4 is 5.56 Å². The van der Waals surface area contributed by atoms with Crippen LogP contribution in [0, 0.1) is 25.2 Å². The molecule has 6 nitrogen and oxygen atoms in total. The van der Waals surface area contributed by atoms with Crippen LogP contribution in [0.25, 0.3) is 0 Å². The van der Waals surface area contributed by atoms with E-state index in [-0.39, 0.29) is 30.1 Å². The van der Waals surface area contributed by atoms with Crippen LogP contribution in [-0.2, 0) is 11.3 Å². The second kappa shape index (κ2) is 7.91. The van der Waals surface area contributed by atoms with Gasteiger partial charge < -0.3 is 4.90 Å². The fraction of sp³-hybridized carbons (Fsp3) is 0.647. The Morgan fingerprint density at radius 1 is 1.26 bits per heavy atom. The van der Waals surface area contributed by atoms with Gasteiger partial charge in [0.1, 0.15) is 18.2 Å². The smallest absolute Gasteiger partial charge is 0.285 e. The molecule has 126 valence electrons. The van der Waals surface area contributed by atoms with Gasteiger partial charge in [0.15, 0.2) is 0 Å². The van der Waals surface area contributed by atoms with Crippen LogP contribution in [0.4, 0.5) is 0 Å². The van der Waals surface area contributed by atoms with Gasteiger partial charge in [-0.2, -0.15) is 10.4 Å². The van der Waals surface area contributed by atoms with E-state index in [2.05, 4.69) is 5.10 Å².